The number of nitrogens with zero attached hydrogens (tertiary/aromatic N) is 1. The van der Waals surface area contributed by atoms with Crippen LogP contribution >= 0.6 is 11.6 Å². The van der Waals surface area contributed by atoms with E-state index in [1.165, 1.54) is 0 Å². The molecule has 0 saturated heterocycles. The molecule has 1 aromatic carbocycles. The number of halogens is 1. The monoisotopic (exact) mass is 260 g/mol. The van der Waals surface area contributed by atoms with E-state index in [-0.39, 0.29) is 5.91 Å². The molecule has 0 atom stereocenters. The van der Waals surface area contributed by atoms with Gasteiger partial charge in [0.25, 0.3) is 0 Å². The van der Waals surface area contributed by atoms with Gasteiger partial charge in [0.2, 0.25) is 5.91 Å². The number of amides is 1. The van der Waals surface area contributed by atoms with Gasteiger partial charge >= 0.3 is 0 Å². The number of aromatic nitrogens is 1. The highest BCUT2D eigenvalue weighted by atomic mass is 35.5. The Hall–Kier alpha value is -1.87. The normalized spacial score (nSPS) is 10.1. The van der Waals surface area contributed by atoms with Crippen molar-refractivity contribution in [3.63, 3.8) is 0 Å². The van der Waals surface area contributed by atoms with E-state index in [1.807, 2.05) is 30.3 Å². The third-order valence-corrected chi connectivity index (χ3v) is 2.70. The van der Waals surface area contributed by atoms with Crippen LogP contribution in [0.1, 0.15) is 12.0 Å². The van der Waals surface area contributed by atoms with E-state index in [2.05, 4.69) is 10.3 Å². The number of rotatable bonds is 4. The lowest BCUT2D eigenvalue weighted by molar-refractivity contribution is -0.116. The fraction of sp³-hybridized carbons (Fsp3) is 0.143. The Balaban J connectivity index is 1.86. The Morgan fingerprint density at radius 1 is 1.22 bits per heavy atom. The van der Waals surface area contributed by atoms with Crippen molar-refractivity contribution in [2.24, 2.45) is 0 Å². The molecule has 92 valence electrons. The zero-order valence-electron chi connectivity index (χ0n) is 9.77. The summed E-state index contributed by atoms with van der Waals surface area (Å²) < 4.78 is 0. The maximum Gasteiger partial charge on any atom is 0.224 e. The number of hydrogen-bond acceptors (Lipinski definition) is 2. The molecule has 0 spiro atoms. The molecular formula is C14H13ClN2O. The van der Waals surface area contributed by atoms with Crippen LogP contribution in [0.25, 0.3) is 0 Å². The van der Waals surface area contributed by atoms with Crippen molar-refractivity contribution in [2.45, 2.75) is 12.8 Å². The SMILES string of the molecule is O=C(CCc1ccccc1)Nc1ccnc(Cl)c1. The van der Waals surface area contributed by atoms with E-state index in [0.29, 0.717) is 17.3 Å². The predicted octanol–water partition coefficient (Wildman–Crippen LogP) is 3.31. The molecule has 0 saturated carbocycles. The fourth-order valence-electron chi connectivity index (χ4n) is 1.61. The van der Waals surface area contributed by atoms with Crippen LogP contribution in [0.4, 0.5) is 5.69 Å². The molecule has 0 radical (unpaired) electrons. The first kappa shape index (κ1) is 12.6. The molecule has 0 aliphatic carbocycles. The van der Waals surface area contributed by atoms with Crippen LogP contribution < -0.4 is 5.32 Å². The maximum atomic E-state index is 11.7. The van der Waals surface area contributed by atoms with Crippen molar-refractivity contribution in [3.8, 4) is 0 Å². The van der Waals surface area contributed by atoms with Gasteiger partial charge in [0, 0.05) is 18.3 Å². The molecule has 2 rings (SSSR count). The van der Waals surface area contributed by atoms with Gasteiger partial charge in [-0.25, -0.2) is 4.98 Å². The summed E-state index contributed by atoms with van der Waals surface area (Å²) in [7, 11) is 0. The summed E-state index contributed by atoms with van der Waals surface area (Å²) in [6.07, 6.45) is 2.74. The summed E-state index contributed by atoms with van der Waals surface area (Å²) in [5.74, 6) is -0.0267. The van der Waals surface area contributed by atoms with E-state index in [1.54, 1.807) is 18.3 Å². The molecule has 0 aliphatic rings. The van der Waals surface area contributed by atoms with Crippen LogP contribution in [0.2, 0.25) is 5.15 Å². The highest BCUT2D eigenvalue weighted by Crippen LogP contribution is 2.12. The minimum absolute atomic E-state index is 0.0267. The zero-order valence-corrected chi connectivity index (χ0v) is 10.5. The van der Waals surface area contributed by atoms with Crippen molar-refractivity contribution in [3.05, 3.63) is 59.4 Å². The number of benzene rings is 1. The Bertz CT molecular complexity index is 528. The minimum atomic E-state index is -0.0267. The lowest BCUT2D eigenvalue weighted by atomic mass is 10.1. The van der Waals surface area contributed by atoms with Gasteiger partial charge in [-0.3, -0.25) is 4.79 Å². The smallest absolute Gasteiger partial charge is 0.224 e. The van der Waals surface area contributed by atoms with Crippen LogP contribution in [0, 0.1) is 0 Å². The van der Waals surface area contributed by atoms with Gasteiger partial charge < -0.3 is 5.32 Å². The van der Waals surface area contributed by atoms with E-state index in [4.69, 9.17) is 11.6 Å². The second kappa shape index (κ2) is 6.17. The molecule has 1 amide bonds. The highest BCUT2D eigenvalue weighted by molar-refractivity contribution is 6.29. The number of pyridine rings is 1. The average Bonchev–Trinajstić information content (AvgIpc) is 2.38. The van der Waals surface area contributed by atoms with E-state index in [9.17, 15) is 4.79 Å². The van der Waals surface area contributed by atoms with E-state index in [0.717, 1.165) is 12.0 Å². The molecule has 1 aromatic heterocycles. The van der Waals surface area contributed by atoms with E-state index >= 15 is 0 Å². The van der Waals surface area contributed by atoms with Crippen LogP contribution in [-0.4, -0.2) is 10.9 Å². The first-order valence-corrected chi connectivity index (χ1v) is 6.07. The molecule has 18 heavy (non-hydrogen) atoms. The van der Waals surface area contributed by atoms with Gasteiger partial charge in [0.1, 0.15) is 5.15 Å². The molecule has 1 N–H and O–H groups in total. The summed E-state index contributed by atoms with van der Waals surface area (Å²) in [6.45, 7) is 0. The third kappa shape index (κ3) is 3.86. The van der Waals surface area contributed by atoms with Crippen molar-refractivity contribution >= 4 is 23.2 Å². The predicted molar refractivity (Wildman–Crippen MR) is 72.6 cm³/mol. The molecule has 2 aromatic rings. The van der Waals surface area contributed by atoms with Gasteiger partial charge in [-0.1, -0.05) is 41.9 Å². The maximum absolute atomic E-state index is 11.7. The second-order valence-electron chi connectivity index (χ2n) is 3.90. The Morgan fingerprint density at radius 2 is 2.00 bits per heavy atom. The Labute approximate surface area is 111 Å². The number of aryl methyl sites for hydroxylation is 1. The number of nitrogens with one attached hydrogen (secondary N) is 1. The Morgan fingerprint density at radius 3 is 2.72 bits per heavy atom. The first-order valence-electron chi connectivity index (χ1n) is 5.69. The van der Waals surface area contributed by atoms with Crippen LogP contribution in [0.15, 0.2) is 48.7 Å². The molecule has 0 fully saturated rings. The van der Waals surface area contributed by atoms with Gasteiger partial charge in [0.15, 0.2) is 0 Å². The average molecular weight is 261 g/mol. The van der Waals surface area contributed by atoms with Gasteiger partial charge in [0.05, 0.1) is 0 Å². The highest BCUT2D eigenvalue weighted by Gasteiger charge is 2.03. The largest absolute Gasteiger partial charge is 0.326 e. The lowest BCUT2D eigenvalue weighted by Crippen LogP contribution is -2.12. The zero-order chi connectivity index (χ0) is 12.8. The molecule has 1 heterocycles. The molecule has 3 nitrogen and oxygen atoms in total. The topological polar surface area (TPSA) is 42.0 Å². The summed E-state index contributed by atoms with van der Waals surface area (Å²) in [4.78, 5) is 15.6. The van der Waals surface area contributed by atoms with Crippen molar-refractivity contribution < 1.29 is 4.79 Å². The molecule has 4 heteroatoms. The standard InChI is InChI=1S/C14H13ClN2O/c15-13-10-12(8-9-16-13)17-14(18)7-6-11-4-2-1-3-5-11/h1-5,8-10H,6-7H2,(H,16,17,18). The quantitative estimate of drug-likeness (QED) is 0.857. The fourth-order valence-corrected chi connectivity index (χ4v) is 1.78. The third-order valence-electron chi connectivity index (χ3n) is 2.49. The number of anilines is 1. The first-order chi connectivity index (χ1) is 8.74. The summed E-state index contributed by atoms with van der Waals surface area (Å²) in [6, 6.07) is 13.3. The molecule has 0 bridgehead atoms. The molecule has 0 unspecified atom stereocenters. The van der Waals surface area contributed by atoms with Crippen molar-refractivity contribution in [1.29, 1.82) is 0 Å². The summed E-state index contributed by atoms with van der Waals surface area (Å²) >= 11 is 5.74. The minimum Gasteiger partial charge on any atom is -0.326 e. The van der Waals surface area contributed by atoms with Crippen LogP contribution in [0.5, 0.6) is 0 Å². The van der Waals surface area contributed by atoms with Crippen molar-refractivity contribution in [1.82, 2.24) is 4.98 Å². The number of carbonyl (C=O) groups is 1. The van der Waals surface area contributed by atoms with Gasteiger partial charge in [-0.05, 0) is 24.1 Å². The number of hydrogen-bond donors (Lipinski definition) is 1. The van der Waals surface area contributed by atoms with Crippen LogP contribution in [-0.2, 0) is 11.2 Å². The lowest BCUT2D eigenvalue weighted by Gasteiger charge is -2.05. The molecule has 0 aliphatic heterocycles. The summed E-state index contributed by atoms with van der Waals surface area (Å²) in [5.41, 5.74) is 1.83. The van der Waals surface area contributed by atoms with Gasteiger partial charge in [-0.15, -0.1) is 0 Å². The molecular weight excluding hydrogens is 248 g/mol. The van der Waals surface area contributed by atoms with Crippen LogP contribution in [0.3, 0.4) is 0 Å². The second-order valence-corrected chi connectivity index (χ2v) is 4.29. The summed E-state index contributed by atoms with van der Waals surface area (Å²) in [5, 5.41) is 3.16. The number of carbonyl (C=O) groups excluding carboxylic acids is 1. The Kier molecular flexibility index (Phi) is 4.31. The van der Waals surface area contributed by atoms with Crippen molar-refractivity contribution in [2.75, 3.05) is 5.32 Å². The van der Waals surface area contributed by atoms with Gasteiger partial charge in [-0.2, -0.15) is 0 Å². The van der Waals surface area contributed by atoms with E-state index < -0.39 is 0 Å².